The average Bonchev–Trinajstić information content (AvgIpc) is 2.86. The number of sulfone groups is 1. The Kier molecular flexibility index (Phi) is 5.15. The van der Waals surface area contributed by atoms with Crippen LogP contribution >= 0.6 is 0 Å². The van der Waals surface area contributed by atoms with E-state index in [2.05, 4.69) is 0 Å². The largest absolute Gasteiger partial charge is 0.392 e. The molecule has 1 heterocycles. The molecule has 112 valence electrons. The number of rotatable bonds is 6. The molecule has 0 saturated carbocycles. The van der Waals surface area contributed by atoms with Gasteiger partial charge in [0.25, 0.3) is 0 Å². The minimum absolute atomic E-state index is 0.0184. The zero-order valence-electron chi connectivity index (χ0n) is 11.3. The van der Waals surface area contributed by atoms with E-state index in [9.17, 15) is 13.5 Å². The van der Waals surface area contributed by atoms with Crippen molar-refractivity contribution in [2.45, 2.75) is 29.9 Å². The maximum Gasteiger partial charge on any atom is 0.178 e. The molecular weight excluding hydrogens is 278 g/mol. The summed E-state index contributed by atoms with van der Waals surface area (Å²) in [6.45, 7) is 0.626. The van der Waals surface area contributed by atoms with E-state index >= 15 is 0 Å². The number of aliphatic hydroxyl groups excluding tert-OH is 1. The summed E-state index contributed by atoms with van der Waals surface area (Å²) in [7, 11) is -3.27. The Hall–Kier alpha value is -0.950. The van der Waals surface area contributed by atoms with Crippen molar-refractivity contribution in [2.75, 3.05) is 18.9 Å². The molecule has 1 aromatic carbocycles. The van der Waals surface area contributed by atoms with E-state index < -0.39 is 15.9 Å². The fourth-order valence-electron chi connectivity index (χ4n) is 2.49. The SMILES string of the molecule is NCC(O)C[C@@H]1C[C@@H](CS(=O)(=O)c2ccccc2)CO1. The lowest BCUT2D eigenvalue weighted by atomic mass is 10.0. The van der Waals surface area contributed by atoms with E-state index in [1.807, 2.05) is 0 Å². The molecule has 0 bridgehead atoms. The predicted octanol–water partition coefficient (Wildman–Crippen LogP) is 0.575. The van der Waals surface area contributed by atoms with E-state index in [1.54, 1.807) is 30.3 Å². The van der Waals surface area contributed by atoms with Gasteiger partial charge < -0.3 is 15.6 Å². The maximum absolute atomic E-state index is 12.2. The second kappa shape index (κ2) is 6.67. The molecular formula is C14H21NO4S. The second-order valence-corrected chi connectivity index (χ2v) is 7.31. The highest BCUT2D eigenvalue weighted by molar-refractivity contribution is 7.91. The van der Waals surface area contributed by atoms with Gasteiger partial charge in [-0.15, -0.1) is 0 Å². The zero-order valence-corrected chi connectivity index (χ0v) is 12.1. The monoisotopic (exact) mass is 299 g/mol. The molecule has 3 N–H and O–H groups in total. The highest BCUT2D eigenvalue weighted by Crippen LogP contribution is 2.26. The van der Waals surface area contributed by atoms with Gasteiger partial charge in [-0.25, -0.2) is 8.42 Å². The minimum Gasteiger partial charge on any atom is -0.392 e. The smallest absolute Gasteiger partial charge is 0.178 e. The Morgan fingerprint density at radius 3 is 2.70 bits per heavy atom. The van der Waals surface area contributed by atoms with E-state index in [0.29, 0.717) is 24.3 Å². The van der Waals surface area contributed by atoms with Crippen molar-refractivity contribution in [3.63, 3.8) is 0 Å². The van der Waals surface area contributed by atoms with Crippen LogP contribution in [0.1, 0.15) is 12.8 Å². The fraction of sp³-hybridized carbons (Fsp3) is 0.571. The summed E-state index contributed by atoms with van der Waals surface area (Å²) >= 11 is 0. The summed E-state index contributed by atoms with van der Waals surface area (Å²) in [6, 6.07) is 8.46. The fourth-order valence-corrected chi connectivity index (χ4v) is 4.11. The average molecular weight is 299 g/mol. The van der Waals surface area contributed by atoms with Crippen LogP contribution < -0.4 is 5.73 Å². The number of benzene rings is 1. The summed E-state index contributed by atoms with van der Waals surface area (Å²) in [6.07, 6.45) is 0.454. The van der Waals surface area contributed by atoms with Gasteiger partial charge in [0.1, 0.15) is 0 Å². The van der Waals surface area contributed by atoms with Crippen LogP contribution in [0.15, 0.2) is 35.2 Å². The molecule has 1 aliphatic rings. The van der Waals surface area contributed by atoms with Crippen molar-refractivity contribution < 1.29 is 18.3 Å². The molecule has 1 aliphatic heterocycles. The van der Waals surface area contributed by atoms with Gasteiger partial charge in [-0.3, -0.25) is 0 Å². The minimum atomic E-state index is -3.27. The van der Waals surface area contributed by atoms with Crippen LogP contribution in [0.5, 0.6) is 0 Å². The standard InChI is InChI=1S/C14H21NO4S/c15-8-12(16)7-13-6-11(9-19-13)10-20(17,18)14-4-2-1-3-5-14/h1-5,11-13,16H,6-10,15H2/t11-,12?,13+/m1/s1. The van der Waals surface area contributed by atoms with Crippen molar-refractivity contribution in [1.82, 2.24) is 0 Å². The molecule has 1 aromatic rings. The number of nitrogens with two attached hydrogens (primary N) is 1. The summed E-state index contributed by atoms with van der Waals surface area (Å²) in [5.74, 6) is 0.0712. The summed E-state index contributed by atoms with van der Waals surface area (Å²) in [4.78, 5) is 0.352. The molecule has 0 spiro atoms. The summed E-state index contributed by atoms with van der Waals surface area (Å²) in [5.41, 5.74) is 5.36. The molecule has 5 nitrogen and oxygen atoms in total. The number of hydrogen-bond donors (Lipinski definition) is 2. The van der Waals surface area contributed by atoms with Crippen molar-refractivity contribution >= 4 is 9.84 Å². The molecule has 0 radical (unpaired) electrons. The van der Waals surface area contributed by atoms with Crippen molar-refractivity contribution in [3.8, 4) is 0 Å². The normalized spacial score (nSPS) is 24.7. The summed E-state index contributed by atoms with van der Waals surface area (Å²) in [5, 5.41) is 9.49. The first-order chi connectivity index (χ1) is 9.51. The van der Waals surface area contributed by atoms with Gasteiger partial charge in [-0.1, -0.05) is 18.2 Å². The molecule has 6 heteroatoms. The Bertz CT molecular complexity index is 517. The molecule has 1 saturated heterocycles. The molecule has 0 aromatic heterocycles. The van der Waals surface area contributed by atoms with Crippen LogP contribution in [0, 0.1) is 5.92 Å². The molecule has 1 unspecified atom stereocenters. The lowest BCUT2D eigenvalue weighted by Crippen LogP contribution is -2.25. The summed E-state index contributed by atoms with van der Waals surface area (Å²) < 4.78 is 30.0. The van der Waals surface area contributed by atoms with Gasteiger partial charge in [-0.05, 0) is 24.5 Å². The zero-order chi connectivity index (χ0) is 14.6. The van der Waals surface area contributed by atoms with Crippen LogP contribution in [0.25, 0.3) is 0 Å². The molecule has 0 amide bonds. The number of aliphatic hydroxyl groups is 1. The third-order valence-corrected chi connectivity index (χ3v) is 5.43. The van der Waals surface area contributed by atoms with Gasteiger partial charge in [-0.2, -0.15) is 0 Å². The number of hydrogen-bond acceptors (Lipinski definition) is 5. The lowest BCUT2D eigenvalue weighted by Gasteiger charge is -2.13. The van der Waals surface area contributed by atoms with Crippen LogP contribution in [0.2, 0.25) is 0 Å². The Labute approximate surface area is 119 Å². The van der Waals surface area contributed by atoms with Gasteiger partial charge in [0.15, 0.2) is 9.84 Å². The highest BCUT2D eigenvalue weighted by Gasteiger charge is 2.31. The molecule has 1 fully saturated rings. The van der Waals surface area contributed by atoms with Gasteiger partial charge in [0.2, 0.25) is 0 Å². The van der Waals surface area contributed by atoms with E-state index in [4.69, 9.17) is 10.5 Å². The quantitative estimate of drug-likeness (QED) is 0.802. The van der Waals surface area contributed by atoms with Crippen LogP contribution in [-0.2, 0) is 14.6 Å². The Morgan fingerprint density at radius 2 is 2.05 bits per heavy atom. The topological polar surface area (TPSA) is 89.6 Å². The lowest BCUT2D eigenvalue weighted by molar-refractivity contribution is 0.0558. The number of ether oxygens (including phenoxy) is 1. The predicted molar refractivity (Wildman–Crippen MR) is 76.0 cm³/mol. The van der Waals surface area contributed by atoms with Crippen molar-refractivity contribution in [2.24, 2.45) is 11.7 Å². The van der Waals surface area contributed by atoms with Crippen LogP contribution in [0.4, 0.5) is 0 Å². The molecule has 20 heavy (non-hydrogen) atoms. The molecule has 0 aliphatic carbocycles. The Balaban J connectivity index is 1.92. The second-order valence-electron chi connectivity index (χ2n) is 5.28. The first kappa shape index (κ1) is 15.4. The first-order valence-electron chi connectivity index (χ1n) is 6.79. The molecule has 3 atom stereocenters. The molecule has 2 rings (SSSR count). The van der Waals surface area contributed by atoms with Crippen molar-refractivity contribution in [3.05, 3.63) is 30.3 Å². The van der Waals surface area contributed by atoms with Gasteiger partial charge >= 0.3 is 0 Å². The van der Waals surface area contributed by atoms with E-state index in [1.165, 1.54) is 0 Å². The van der Waals surface area contributed by atoms with Crippen molar-refractivity contribution in [1.29, 1.82) is 0 Å². The Morgan fingerprint density at radius 1 is 1.35 bits per heavy atom. The van der Waals surface area contributed by atoms with E-state index in [0.717, 1.165) is 0 Å². The van der Waals surface area contributed by atoms with Crippen LogP contribution in [0.3, 0.4) is 0 Å². The highest BCUT2D eigenvalue weighted by atomic mass is 32.2. The van der Waals surface area contributed by atoms with Gasteiger partial charge in [0.05, 0.1) is 29.5 Å². The third kappa shape index (κ3) is 4.02. The third-order valence-electron chi connectivity index (χ3n) is 3.53. The van der Waals surface area contributed by atoms with Gasteiger partial charge in [0, 0.05) is 13.0 Å². The van der Waals surface area contributed by atoms with Crippen LogP contribution in [-0.4, -0.2) is 44.6 Å². The first-order valence-corrected chi connectivity index (χ1v) is 8.44. The van der Waals surface area contributed by atoms with E-state index in [-0.39, 0.29) is 24.3 Å². The maximum atomic E-state index is 12.2.